The number of hydrogen-bond donors (Lipinski definition) is 2. The summed E-state index contributed by atoms with van der Waals surface area (Å²) in [6.45, 7) is 4.29. The van der Waals surface area contributed by atoms with Gasteiger partial charge in [-0.05, 0) is 31.0 Å². The number of nitrogens with one attached hydrogen (secondary N) is 2. The first-order chi connectivity index (χ1) is 7.81. The second-order valence-electron chi connectivity index (χ2n) is 3.89. The molecule has 0 amide bonds. The van der Waals surface area contributed by atoms with Crippen LogP contribution in [0.1, 0.15) is 31.1 Å². The molecule has 0 aliphatic carbocycles. The van der Waals surface area contributed by atoms with E-state index in [1.54, 1.807) is 6.20 Å². The minimum absolute atomic E-state index is 0.246. The number of aromatic amines is 1. The average Bonchev–Trinajstić information content (AvgIpc) is 2.83. The minimum Gasteiger partial charge on any atom is -0.377 e. The van der Waals surface area contributed by atoms with Crippen LogP contribution in [0.5, 0.6) is 0 Å². The topological polar surface area (TPSA) is 40.7 Å². The van der Waals surface area contributed by atoms with Crippen molar-refractivity contribution < 1.29 is 0 Å². The number of anilines is 1. The molecule has 1 unspecified atom stereocenters. The molecule has 1 aromatic carbocycles. The maximum atomic E-state index is 3.96. The van der Waals surface area contributed by atoms with Crippen molar-refractivity contribution in [3.05, 3.63) is 47.8 Å². The molecule has 1 heterocycles. The van der Waals surface area contributed by atoms with Gasteiger partial charge in [0.2, 0.25) is 0 Å². The standard InChI is InChI=1S/C13H17N3/c1-3-11-6-4-5-7-13(11)15-10(2)12-8-9-14-16-12/h4-10,15H,3H2,1-2H3,(H,14,16). The van der Waals surface area contributed by atoms with Crippen LogP contribution in [0.15, 0.2) is 36.5 Å². The summed E-state index contributed by atoms with van der Waals surface area (Å²) in [6.07, 6.45) is 2.82. The Balaban J connectivity index is 2.14. The lowest BCUT2D eigenvalue weighted by Crippen LogP contribution is -2.08. The number of aryl methyl sites for hydroxylation is 1. The van der Waals surface area contributed by atoms with E-state index in [9.17, 15) is 0 Å². The van der Waals surface area contributed by atoms with Gasteiger partial charge in [0.05, 0.1) is 11.7 Å². The zero-order valence-corrected chi connectivity index (χ0v) is 9.70. The summed E-state index contributed by atoms with van der Waals surface area (Å²) >= 11 is 0. The Kier molecular flexibility index (Phi) is 3.25. The van der Waals surface area contributed by atoms with Crippen molar-refractivity contribution in [2.45, 2.75) is 26.3 Å². The van der Waals surface area contributed by atoms with E-state index in [4.69, 9.17) is 0 Å². The number of rotatable bonds is 4. The summed E-state index contributed by atoms with van der Waals surface area (Å²) in [6, 6.07) is 10.6. The van der Waals surface area contributed by atoms with Crippen molar-refractivity contribution in [2.75, 3.05) is 5.32 Å². The fourth-order valence-electron chi connectivity index (χ4n) is 1.79. The van der Waals surface area contributed by atoms with Gasteiger partial charge in [-0.25, -0.2) is 0 Å². The highest BCUT2D eigenvalue weighted by Gasteiger charge is 2.07. The van der Waals surface area contributed by atoms with Gasteiger partial charge >= 0.3 is 0 Å². The molecule has 0 aliphatic rings. The minimum atomic E-state index is 0.246. The summed E-state index contributed by atoms with van der Waals surface area (Å²) in [7, 11) is 0. The molecule has 3 nitrogen and oxygen atoms in total. The molecule has 0 radical (unpaired) electrons. The van der Waals surface area contributed by atoms with Crippen molar-refractivity contribution in [3.8, 4) is 0 Å². The molecular formula is C13H17N3. The molecular weight excluding hydrogens is 198 g/mol. The second-order valence-corrected chi connectivity index (χ2v) is 3.89. The van der Waals surface area contributed by atoms with E-state index >= 15 is 0 Å². The highest BCUT2D eigenvalue weighted by Crippen LogP contribution is 2.21. The lowest BCUT2D eigenvalue weighted by Gasteiger charge is -2.16. The van der Waals surface area contributed by atoms with Crippen molar-refractivity contribution in [2.24, 2.45) is 0 Å². The smallest absolute Gasteiger partial charge is 0.0651 e. The van der Waals surface area contributed by atoms with Crippen LogP contribution in [-0.4, -0.2) is 10.2 Å². The molecule has 2 rings (SSSR count). The highest BCUT2D eigenvalue weighted by molar-refractivity contribution is 5.52. The van der Waals surface area contributed by atoms with E-state index in [-0.39, 0.29) is 6.04 Å². The second kappa shape index (κ2) is 4.84. The summed E-state index contributed by atoms with van der Waals surface area (Å²) < 4.78 is 0. The molecule has 3 heteroatoms. The predicted octanol–water partition coefficient (Wildman–Crippen LogP) is 3.15. The highest BCUT2D eigenvalue weighted by atomic mass is 15.1. The maximum absolute atomic E-state index is 3.96. The van der Waals surface area contributed by atoms with Gasteiger partial charge in [-0.2, -0.15) is 5.10 Å². The van der Waals surface area contributed by atoms with Gasteiger partial charge in [-0.3, -0.25) is 5.10 Å². The third-order valence-corrected chi connectivity index (χ3v) is 2.76. The lowest BCUT2D eigenvalue weighted by molar-refractivity contribution is 0.823. The van der Waals surface area contributed by atoms with Crippen molar-refractivity contribution in [1.82, 2.24) is 10.2 Å². The molecule has 1 atom stereocenters. The van der Waals surface area contributed by atoms with Gasteiger partial charge in [0.15, 0.2) is 0 Å². The van der Waals surface area contributed by atoms with Crippen molar-refractivity contribution in [1.29, 1.82) is 0 Å². The molecule has 0 fully saturated rings. The van der Waals surface area contributed by atoms with Crippen molar-refractivity contribution in [3.63, 3.8) is 0 Å². The van der Waals surface area contributed by atoms with Crippen LogP contribution in [0.4, 0.5) is 5.69 Å². The summed E-state index contributed by atoms with van der Waals surface area (Å²) in [4.78, 5) is 0. The van der Waals surface area contributed by atoms with E-state index in [1.165, 1.54) is 11.3 Å². The van der Waals surface area contributed by atoms with Crippen LogP contribution in [-0.2, 0) is 6.42 Å². The Morgan fingerprint density at radius 3 is 2.81 bits per heavy atom. The molecule has 2 N–H and O–H groups in total. The normalized spacial score (nSPS) is 12.4. The molecule has 2 aromatic rings. The Labute approximate surface area is 95.9 Å². The Morgan fingerprint density at radius 1 is 1.31 bits per heavy atom. The molecule has 0 aliphatic heterocycles. The largest absolute Gasteiger partial charge is 0.377 e. The number of hydrogen-bond acceptors (Lipinski definition) is 2. The first kappa shape index (κ1) is 10.7. The molecule has 16 heavy (non-hydrogen) atoms. The molecule has 0 bridgehead atoms. The number of H-pyrrole nitrogens is 1. The molecule has 0 spiro atoms. The zero-order chi connectivity index (χ0) is 11.4. The van der Waals surface area contributed by atoms with Gasteiger partial charge in [0.25, 0.3) is 0 Å². The van der Waals surface area contributed by atoms with E-state index in [2.05, 4.69) is 53.6 Å². The molecule has 0 saturated carbocycles. The molecule has 0 saturated heterocycles. The quantitative estimate of drug-likeness (QED) is 0.822. The van der Waals surface area contributed by atoms with Crippen LogP contribution < -0.4 is 5.32 Å². The predicted molar refractivity (Wildman–Crippen MR) is 66.4 cm³/mol. The van der Waals surface area contributed by atoms with E-state index in [0.717, 1.165) is 12.1 Å². The van der Waals surface area contributed by atoms with Crippen LogP contribution in [0, 0.1) is 0 Å². The van der Waals surface area contributed by atoms with E-state index < -0.39 is 0 Å². The monoisotopic (exact) mass is 215 g/mol. The van der Waals surface area contributed by atoms with Crippen LogP contribution in [0.2, 0.25) is 0 Å². The van der Waals surface area contributed by atoms with Crippen LogP contribution >= 0.6 is 0 Å². The van der Waals surface area contributed by atoms with Gasteiger partial charge in [-0.1, -0.05) is 25.1 Å². The third-order valence-electron chi connectivity index (χ3n) is 2.76. The van der Waals surface area contributed by atoms with Crippen molar-refractivity contribution >= 4 is 5.69 Å². The Morgan fingerprint density at radius 2 is 2.12 bits per heavy atom. The van der Waals surface area contributed by atoms with Gasteiger partial charge in [0.1, 0.15) is 0 Å². The Hall–Kier alpha value is -1.77. The van der Waals surface area contributed by atoms with Crippen LogP contribution in [0.3, 0.4) is 0 Å². The summed E-state index contributed by atoms with van der Waals surface area (Å²) in [5.41, 5.74) is 3.65. The summed E-state index contributed by atoms with van der Waals surface area (Å²) in [5.74, 6) is 0. The first-order valence-corrected chi connectivity index (χ1v) is 5.65. The Bertz CT molecular complexity index is 434. The number of aromatic nitrogens is 2. The average molecular weight is 215 g/mol. The van der Waals surface area contributed by atoms with Gasteiger partial charge < -0.3 is 5.32 Å². The number of benzene rings is 1. The lowest BCUT2D eigenvalue weighted by atomic mass is 10.1. The SMILES string of the molecule is CCc1ccccc1NC(C)c1ccn[nH]1. The van der Waals surface area contributed by atoms with E-state index in [0.29, 0.717) is 0 Å². The molecule has 1 aromatic heterocycles. The number of nitrogens with zero attached hydrogens (tertiary/aromatic N) is 1. The number of para-hydroxylation sites is 1. The van der Waals surface area contributed by atoms with Gasteiger partial charge in [0, 0.05) is 11.9 Å². The van der Waals surface area contributed by atoms with Gasteiger partial charge in [-0.15, -0.1) is 0 Å². The fraction of sp³-hybridized carbons (Fsp3) is 0.308. The zero-order valence-electron chi connectivity index (χ0n) is 9.70. The molecule has 84 valence electrons. The third kappa shape index (κ3) is 2.24. The fourth-order valence-corrected chi connectivity index (χ4v) is 1.79. The van der Waals surface area contributed by atoms with E-state index in [1.807, 2.05) is 6.07 Å². The van der Waals surface area contributed by atoms with Crippen LogP contribution in [0.25, 0.3) is 0 Å². The first-order valence-electron chi connectivity index (χ1n) is 5.65. The maximum Gasteiger partial charge on any atom is 0.0651 e. The summed E-state index contributed by atoms with van der Waals surface area (Å²) in [5, 5.41) is 10.4.